The molecule has 2 aliphatic rings. The number of hydrogen-bond acceptors (Lipinski definition) is 5. The first kappa shape index (κ1) is 13.1. The van der Waals surface area contributed by atoms with Gasteiger partial charge >= 0.3 is 0 Å². The molecule has 0 amide bonds. The van der Waals surface area contributed by atoms with E-state index in [4.69, 9.17) is 9.26 Å². The molecule has 1 aromatic heterocycles. The minimum Gasteiger partial charge on any atom is -0.377 e. The number of aromatic nitrogens is 2. The van der Waals surface area contributed by atoms with Crippen molar-refractivity contribution in [1.82, 2.24) is 15.0 Å². The van der Waals surface area contributed by atoms with E-state index in [2.05, 4.69) is 22.0 Å². The quantitative estimate of drug-likeness (QED) is 0.839. The molecule has 1 saturated carbocycles. The Balaban J connectivity index is 1.59. The molecule has 1 aliphatic carbocycles. The van der Waals surface area contributed by atoms with Crippen LogP contribution in [0.4, 0.5) is 0 Å². The van der Waals surface area contributed by atoms with Gasteiger partial charge in [-0.2, -0.15) is 4.98 Å². The van der Waals surface area contributed by atoms with Crippen LogP contribution in [0.2, 0.25) is 0 Å². The van der Waals surface area contributed by atoms with Gasteiger partial charge in [-0.1, -0.05) is 18.0 Å². The van der Waals surface area contributed by atoms with E-state index in [9.17, 15) is 0 Å². The van der Waals surface area contributed by atoms with Crippen LogP contribution in [0.15, 0.2) is 4.52 Å². The van der Waals surface area contributed by atoms with Gasteiger partial charge in [0.25, 0.3) is 0 Å². The van der Waals surface area contributed by atoms with E-state index >= 15 is 0 Å². The first-order chi connectivity index (χ1) is 9.31. The van der Waals surface area contributed by atoms with Gasteiger partial charge in [0.2, 0.25) is 5.89 Å². The Morgan fingerprint density at radius 3 is 2.95 bits per heavy atom. The molecule has 19 heavy (non-hydrogen) atoms. The number of nitrogens with zero attached hydrogens (tertiary/aromatic N) is 3. The maximum Gasteiger partial charge on any atom is 0.229 e. The van der Waals surface area contributed by atoms with Crippen molar-refractivity contribution in [1.29, 1.82) is 0 Å². The minimum absolute atomic E-state index is 0.295. The second kappa shape index (κ2) is 6.01. The molecule has 5 nitrogen and oxygen atoms in total. The Kier molecular flexibility index (Phi) is 4.13. The number of hydrogen-bond donors (Lipinski definition) is 0. The van der Waals surface area contributed by atoms with Crippen molar-refractivity contribution in [2.75, 3.05) is 19.7 Å². The summed E-state index contributed by atoms with van der Waals surface area (Å²) < 4.78 is 11.1. The lowest BCUT2D eigenvalue weighted by Gasteiger charge is -2.19. The highest BCUT2D eigenvalue weighted by Crippen LogP contribution is 2.32. The SMILES string of the molecule is C[C@@H]1CN(Cc2noc(C3CCCC3)n2)CCCO1. The van der Waals surface area contributed by atoms with Gasteiger partial charge in [-0.25, -0.2) is 0 Å². The fourth-order valence-electron chi connectivity index (χ4n) is 3.09. The van der Waals surface area contributed by atoms with Crippen LogP contribution < -0.4 is 0 Å². The van der Waals surface area contributed by atoms with Crippen LogP contribution >= 0.6 is 0 Å². The lowest BCUT2D eigenvalue weighted by Crippen LogP contribution is -2.30. The van der Waals surface area contributed by atoms with Crippen LogP contribution in [0.1, 0.15) is 56.7 Å². The van der Waals surface area contributed by atoms with Gasteiger partial charge in [0.15, 0.2) is 5.82 Å². The van der Waals surface area contributed by atoms with Gasteiger partial charge in [0.1, 0.15) is 0 Å². The van der Waals surface area contributed by atoms with E-state index in [1.54, 1.807) is 0 Å². The van der Waals surface area contributed by atoms with Crippen LogP contribution in [-0.4, -0.2) is 40.8 Å². The fourth-order valence-corrected chi connectivity index (χ4v) is 3.09. The highest BCUT2D eigenvalue weighted by atomic mass is 16.5. The number of ether oxygens (including phenoxy) is 1. The lowest BCUT2D eigenvalue weighted by molar-refractivity contribution is 0.0663. The summed E-state index contributed by atoms with van der Waals surface area (Å²) in [5.74, 6) is 2.19. The Labute approximate surface area is 114 Å². The van der Waals surface area contributed by atoms with Crippen LogP contribution in [0.5, 0.6) is 0 Å². The van der Waals surface area contributed by atoms with Crippen molar-refractivity contribution in [3.8, 4) is 0 Å². The van der Waals surface area contributed by atoms with Gasteiger partial charge in [-0.15, -0.1) is 0 Å². The van der Waals surface area contributed by atoms with Crippen molar-refractivity contribution in [2.24, 2.45) is 0 Å². The smallest absolute Gasteiger partial charge is 0.229 e. The maximum absolute atomic E-state index is 5.65. The third-order valence-electron chi connectivity index (χ3n) is 4.09. The normalized spacial score (nSPS) is 26.7. The average molecular weight is 265 g/mol. The highest BCUT2D eigenvalue weighted by molar-refractivity contribution is 4.96. The second-order valence-corrected chi connectivity index (χ2v) is 5.80. The van der Waals surface area contributed by atoms with E-state index in [1.807, 2.05) is 0 Å². The Morgan fingerprint density at radius 1 is 1.26 bits per heavy atom. The van der Waals surface area contributed by atoms with E-state index in [0.29, 0.717) is 12.0 Å². The van der Waals surface area contributed by atoms with E-state index < -0.39 is 0 Å². The molecule has 2 heterocycles. The van der Waals surface area contributed by atoms with E-state index in [-0.39, 0.29) is 0 Å². The predicted octanol–water partition coefficient (Wildman–Crippen LogP) is 2.34. The molecule has 0 N–H and O–H groups in total. The molecule has 1 aliphatic heterocycles. The average Bonchev–Trinajstić information content (AvgIpc) is 3.01. The molecular formula is C14H23N3O2. The zero-order valence-corrected chi connectivity index (χ0v) is 11.7. The third kappa shape index (κ3) is 3.34. The lowest BCUT2D eigenvalue weighted by atomic mass is 10.1. The largest absolute Gasteiger partial charge is 0.377 e. The summed E-state index contributed by atoms with van der Waals surface area (Å²) in [4.78, 5) is 6.94. The van der Waals surface area contributed by atoms with Crippen molar-refractivity contribution in [2.45, 2.75) is 57.6 Å². The molecule has 1 aromatic rings. The molecule has 0 spiro atoms. The van der Waals surface area contributed by atoms with Gasteiger partial charge in [0.05, 0.1) is 12.6 Å². The Hall–Kier alpha value is -0.940. The Morgan fingerprint density at radius 2 is 2.11 bits per heavy atom. The topological polar surface area (TPSA) is 51.4 Å². The second-order valence-electron chi connectivity index (χ2n) is 5.80. The van der Waals surface area contributed by atoms with Gasteiger partial charge in [-0.3, -0.25) is 4.90 Å². The van der Waals surface area contributed by atoms with Gasteiger partial charge in [-0.05, 0) is 26.2 Å². The van der Waals surface area contributed by atoms with Crippen molar-refractivity contribution >= 4 is 0 Å². The summed E-state index contributed by atoms with van der Waals surface area (Å²) >= 11 is 0. The van der Waals surface area contributed by atoms with Crippen LogP contribution in [0.3, 0.4) is 0 Å². The standard InChI is InChI=1S/C14H23N3O2/c1-11-9-17(7-4-8-18-11)10-13-15-14(19-16-13)12-5-2-3-6-12/h11-12H,2-10H2,1H3/t11-/m1/s1. The molecule has 2 fully saturated rings. The van der Waals surface area contributed by atoms with Gasteiger partial charge in [0, 0.05) is 25.6 Å². The third-order valence-corrected chi connectivity index (χ3v) is 4.09. The Bertz CT molecular complexity index is 401. The molecule has 1 atom stereocenters. The summed E-state index contributed by atoms with van der Waals surface area (Å²) in [6.45, 7) is 5.77. The van der Waals surface area contributed by atoms with Crippen molar-refractivity contribution < 1.29 is 9.26 Å². The van der Waals surface area contributed by atoms with Crippen LogP contribution in [0, 0.1) is 0 Å². The molecule has 5 heteroatoms. The van der Waals surface area contributed by atoms with Crippen molar-refractivity contribution in [3.63, 3.8) is 0 Å². The maximum atomic E-state index is 5.65. The fraction of sp³-hybridized carbons (Fsp3) is 0.857. The highest BCUT2D eigenvalue weighted by Gasteiger charge is 2.24. The zero-order valence-electron chi connectivity index (χ0n) is 11.7. The zero-order chi connectivity index (χ0) is 13.1. The van der Waals surface area contributed by atoms with E-state index in [1.165, 1.54) is 25.7 Å². The molecule has 0 aromatic carbocycles. The summed E-state index contributed by atoms with van der Waals surface area (Å²) in [5.41, 5.74) is 0. The first-order valence-corrected chi connectivity index (χ1v) is 7.47. The molecule has 106 valence electrons. The summed E-state index contributed by atoms with van der Waals surface area (Å²) in [5, 5.41) is 4.14. The molecule has 0 bridgehead atoms. The molecular weight excluding hydrogens is 242 g/mol. The van der Waals surface area contributed by atoms with Crippen LogP contribution in [0.25, 0.3) is 0 Å². The van der Waals surface area contributed by atoms with Crippen molar-refractivity contribution in [3.05, 3.63) is 11.7 Å². The molecule has 0 unspecified atom stereocenters. The summed E-state index contributed by atoms with van der Waals surface area (Å²) in [6.07, 6.45) is 6.38. The summed E-state index contributed by atoms with van der Waals surface area (Å²) in [7, 11) is 0. The molecule has 3 rings (SSSR count). The summed E-state index contributed by atoms with van der Waals surface area (Å²) in [6, 6.07) is 0. The van der Waals surface area contributed by atoms with Gasteiger partial charge < -0.3 is 9.26 Å². The minimum atomic E-state index is 0.295. The first-order valence-electron chi connectivity index (χ1n) is 7.47. The molecule has 1 saturated heterocycles. The molecule has 0 radical (unpaired) electrons. The van der Waals surface area contributed by atoms with E-state index in [0.717, 1.165) is 44.4 Å². The predicted molar refractivity (Wildman–Crippen MR) is 70.8 cm³/mol. The number of rotatable bonds is 3. The monoisotopic (exact) mass is 265 g/mol. The van der Waals surface area contributed by atoms with Crippen LogP contribution in [-0.2, 0) is 11.3 Å².